The molecule has 1 atom stereocenters. The molecule has 0 spiro atoms. The van der Waals surface area contributed by atoms with Crippen molar-refractivity contribution < 1.29 is 33.2 Å². The van der Waals surface area contributed by atoms with Crippen LogP contribution in [-0.2, 0) is 4.79 Å². The van der Waals surface area contributed by atoms with Gasteiger partial charge in [0.1, 0.15) is 36.6 Å². The fraction of sp³-hybridized carbons (Fsp3) is 0.269. The maximum atomic E-state index is 13.4. The predicted octanol–water partition coefficient (Wildman–Crippen LogP) is 4.96. The second-order valence-electron chi connectivity index (χ2n) is 7.72. The molecule has 1 aliphatic rings. The van der Waals surface area contributed by atoms with E-state index in [0.29, 0.717) is 61.3 Å². The molecule has 1 unspecified atom stereocenters. The van der Waals surface area contributed by atoms with E-state index >= 15 is 0 Å². The van der Waals surface area contributed by atoms with Crippen LogP contribution in [0.2, 0.25) is 0 Å². The third-order valence-corrected chi connectivity index (χ3v) is 5.20. The first-order valence-electron chi connectivity index (χ1n) is 11.1. The molecule has 0 saturated carbocycles. The summed E-state index contributed by atoms with van der Waals surface area (Å²) in [5.74, 6) is 1.85. The number of rotatable bonds is 11. The minimum atomic E-state index is -0.899. The summed E-state index contributed by atoms with van der Waals surface area (Å²) in [5.41, 5.74) is 0.841. The molecule has 0 radical (unpaired) electrons. The Hall–Kier alpha value is -3.78. The second-order valence-corrected chi connectivity index (χ2v) is 7.72. The highest BCUT2D eigenvalue weighted by Crippen LogP contribution is 2.41. The number of para-hydroxylation sites is 1. The van der Waals surface area contributed by atoms with E-state index in [-0.39, 0.29) is 18.5 Å². The van der Waals surface area contributed by atoms with Crippen molar-refractivity contribution in [1.82, 2.24) is 5.32 Å². The van der Waals surface area contributed by atoms with Crippen LogP contribution in [0.15, 0.2) is 66.7 Å². The van der Waals surface area contributed by atoms with Crippen LogP contribution in [0.5, 0.6) is 28.7 Å². The van der Waals surface area contributed by atoms with Crippen LogP contribution in [0.1, 0.15) is 24.5 Å². The lowest BCUT2D eigenvalue weighted by molar-refractivity contribution is -0.135. The van der Waals surface area contributed by atoms with Gasteiger partial charge in [-0.15, -0.1) is 0 Å². The second kappa shape index (κ2) is 11.4. The summed E-state index contributed by atoms with van der Waals surface area (Å²) in [5, 5.41) is 11.6. The van der Waals surface area contributed by atoms with Gasteiger partial charge in [-0.1, -0.05) is 18.2 Å². The summed E-state index contributed by atoms with van der Waals surface area (Å²) < 4.78 is 36.9. The Labute approximate surface area is 197 Å². The molecule has 3 aromatic rings. The van der Waals surface area contributed by atoms with Crippen molar-refractivity contribution in [2.75, 3.05) is 26.3 Å². The summed E-state index contributed by atoms with van der Waals surface area (Å²) in [4.78, 5) is 10.7. The highest BCUT2D eigenvalue weighted by atomic mass is 19.1. The molecule has 0 saturated heterocycles. The standard InChI is InChI=1S/C26H26FNO6/c27-19-8-6-18(7-9-19)22(5-2-14-28-17-25(29)30)33-20-10-12-21(13-11-20)34-24-4-1-3-23-26(24)32-16-15-31-23/h1,3-4,6-13,22,28H,2,5,14-17H2,(H,29,30). The van der Waals surface area contributed by atoms with E-state index in [4.69, 9.17) is 24.1 Å². The molecular weight excluding hydrogens is 441 g/mol. The van der Waals surface area contributed by atoms with Crippen molar-refractivity contribution in [3.05, 3.63) is 78.1 Å². The molecular formula is C26H26FNO6. The van der Waals surface area contributed by atoms with Crippen molar-refractivity contribution in [3.8, 4) is 28.7 Å². The van der Waals surface area contributed by atoms with Gasteiger partial charge in [-0.2, -0.15) is 0 Å². The van der Waals surface area contributed by atoms with E-state index in [9.17, 15) is 9.18 Å². The zero-order chi connectivity index (χ0) is 23.8. The number of benzene rings is 3. The molecule has 34 heavy (non-hydrogen) atoms. The Kier molecular flexibility index (Phi) is 7.83. The maximum absolute atomic E-state index is 13.4. The largest absolute Gasteiger partial charge is 0.486 e. The number of nitrogens with one attached hydrogen (secondary N) is 1. The lowest BCUT2D eigenvalue weighted by Crippen LogP contribution is -2.24. The van der Waals surface area contributed by atoms with Gasteiger partial charge >= 0.3 is 5.97 Å². The summed E-state index contributed by atoms with van der Waals surface area (Å²) in [6.45, 7) is 1.42. The van der Waals surface area contributed by atoms with E-state index in [0.717, 1.165) is 5.56 Å². The topological polar surface area (TPSA) is 86.3 Å². The molecule has 1 aliphatic heterocycles. The number of carboxylic acid groups (broad SMARTS) is 1. The fourth-order valence-electron chi connectivity index (χ4n) is 3.58. The summed E-state index contributed by atoms with van der Waals surface area (Å²) in [6, 6.07) is 18.9. The normalized spacial score (nSPS) is 13.2. The van der Waals surface area contributed by atoms with Crippen molar-refractivity contribution in [2.24, 2.45) is 0 Å². The van der Waals surface area contributed by atoms with Crippen molar-refractivity contribution in [2.45, 2.75) is 18.9 Å². The Morgan fingerprint density at radius 3 is 2.50 bits per heavy atom. The first kappa shape index (κ1) is 23.4. The molecule has 1 heterocycles. The van der Waals surface area contributed by atoms with Crippen LogP contribution in [0.25, 0.3) is 0 Å². The highest BCUT2D eigenvalue weighted by molar-refractivity contribution is 5.68. The zero-order valence-electron chi connectivity index (χ0n) is 18.5. The van der Waals surface area contributed by atoms with Crippen LogP contribution in [0.3, 0.4) is 0 Å². The minimum Gasteiger partial charge on any atom is -0.486 e. The van der Waals surface area contributed by atoms with Gasteiger partial charge in [0.05, 0.1) is 6.54 Å². The highest BCUT2D eigenvalue weighted by Gasteiger charge is 2.18. The number of carboxylic acids is 1. The number of hydrogen-bond donors (Lipinski definition) is 2. The van der Waals surface area contributed by atoms with Gasteiger partial charge in [0.15, 0.2) is 11.5 Å². The van der Waals surface area contributed by atoms with Gasteiger partial charge in [0.2, 0.25) is 5.75 Å². The summed E-state index contributed by atoms with van der Waals surface area (Å²) in [6.07, 6.45) is 1.01. The molecule has 8 heteroatoms. The van der Waals surface area contributed by atoms with Crippen LogP contribution in [0.4, 0.5) is 4.39 Å². The molecule has 3 aromatic carbocycles. The Balaban J connectivity index is 1.41. The van der Waals surface area contributed by atoms with Crippen molar-refractivity contribution in [1.29, 1.82) is 0 Å². The molecule has 0 aromatic heterocycles. The van der Waals surface area contributed by atoms with E-state index in [2.05, 4.69) is 5.32 Å². The van der Waals surface area contributed by atoms with E-state index in [1.165, 1.54) is 12.1 Å². The summed E-state index contributed by atoms with van der Waals surface area (Å²) in [7, 11) is 0. The van der Waals surface area contributed by atoms with Crippen LogP contribution in [-0.4, -0.2) is 37.4 Å². The van der Waals surface area contributed by atoms with Crippen molar-refractivity contribution in [3.63, 3.8) is 0 Å². The number of ether oxygens (including phenoxy) is 4. The van der Waals surface area contributed by atoms with Crippen LogP contribution in [0, 0.1) is 5.82 Å². The Morgan fingerprint density at radius 1 is 1.00 bits per heavy atom. The SMILES string of the molecule is O=C(O)CNCCCC(Oc1ccc(Oc2cccc3c2OCCO3)cc1)c1ccc(F)cc1. The maximum Gasteiger partial charge on any atom is 0.317 e. The van der Waals surface area contributed by atoms with Gasteiger partial charge in [-0.3, -0.25) is 4.79 Å². The number of fused-ring (bicyclic) bond motifs is 1. The number of hydrogen-bond acceptors (Lipinski definition) is 6. The minimum absolute atomic E-state index is 0.0919. The third-order valence-electron chi connectivity index (χ3n) is 5.20. The first-order chi connectivity index (χ1) is 16.6. The fourth-order valence-corrected chi connectivity index (χ4v) is 3.58. The zero-order valence-corrected chi connectivity index (χ0v) is 18.5. The molecule has 0 fully saturated rings. The number of carbonyl (C=O) groups is 1. The molecule has 0 amide bonds. The Morgan fingerprint density at radius 2 is 1.74 bits per heavy atom. The smallest absolute Gasteiger partial charge is 0.317 e. The van der Waals surface area contributed by atoms with Crippen molar-refractivity contribution >= 4 is 5.97 Å². The molecule has 2 N–H and O–H groups in total. The van der Waals surface area contributed by atoms with Gasteiger partial charge < -0.3 is 29.4 Å². The lowest BCUT2D eigenvalue weighted by atomic mass is 10.0. The van der Waals surface area contributed by atoms with Gasteiger partial charge in [0, 0.05) is 0 Å². The van der Waals surface area contributed by atoms with Gasteiger partial charge in [0.25, 0.3) is 0 Å². The lowest BCUT2D eigenvalue weighted by Gasteiger charge is -2.21. The van der Waals surface area contributed by atoms with Crippen LogP contribution >= 0.6 is 0 Å². The summed E-state index contributed by atoms with van der Waals surface area (Å²) >= 11 is 0. The molecule has 0 aliphatic carbocycles. The third kappa shape index (κ3) is 6.39. The van der Waals surface area contributed by atoms with E-state index in [1.54, 1.807) is 36.4 Å². The van der Waals surface area contributed by atoms with E-state index < -0.39 is 5.97 Å². The van der Waals surface area contributed by atoms with Crippen LogP contribution < -0.4 is 24.3 Å². The first-order valence-corrected chi connectivity index (χ1v) is 11.1. The monoisotopic (exact) mass is 467 g/mol. The quantitative estimate of drug-likeness (QED) is 0.385. The Bertz CT molecular complexity index is 1090. The molecule has 7 nitrogen and oxygen atoms in total. The van der Waals surface area contributed by atoms with Gasteiger partial charge in [-0.05, 0) is 73.5 Å². The number of halogens is 1. The average Bonchev–Trinajstić information content (AvgIpc) is 2.85. The molecule has 178 valence electrons. The predicted molar refractivity (Wildman–Crippen MR) is 123 cm³/mol. The molecule has 4 rings (SSSR count). The molecule has 0 bridgehead atoms. The van der Waals surface area contributed by atoms with Gasteiger partial charge in [-0.25, -0.2) is 4.39 Å². The number of aliphatic carboxylic acids is 1. The average molecular weight is 467 g/mol. The van der Waals surface area contributed by atoms with E-state index in [1.807, 2.05) is 18.2 Å².